The molecule has 2 fully saturated rings. The Morgan fingerprint density at radius 1 is 1.15 bits per heavy atom. The number of carbonyl (C=O) groups excluding carboxylic acids is 2. The predicted octanol–water partition coefficient (Wildman–Crippen LogP) is 2.93. The van der Waals surface area contributed by atoms with Gasteiger partial charge in [-0.2, -0.15) is 0 Å². The summed E-state index contributed by atoms with van der Waals surface area (Å²) in [6, 6.07) is 5.17. The second kappa shape index (κ2) is 7.92. The van der Waals surface area contributed by atoms with Gasteiger partial charge in [-0.3, -0.25) is 5.32 Å². The number of hydrogen-bond donors (Lipinski definition) is 2. The number of benzene rings is 1. The molecule has 0 bridgehead atoms. The highest BCUT2D eigenvalue weighted by Crippen LogP contribution is 2.31. The molecule has 0 radical (unpaired) electrons. The lowest BCUT2D eigenvalue weighted by Crippen LogP contribution is -2.48. The first-order valence-corrected chi connectivity index (χ1v) is 8.90. The van der Waals surface area contributed by atoms with Crippen LogP contribution in [-0.2, 0) is 14.2 Å². The van der Waals surface area contributed by atoms with Crippen molar-refractivity contribution >= 4 is 23.5 Å². The highest BCUT2D eigenvalue weighted by Gasteiger charge is 2.40. The number of likely N-dealkylation sites (tertiary alicyclic amines) is 1. The van der Waals surface area contributed by atoms with Crippen LogP contribution in [0.5, 0.6) is 0 Å². The van der Waals surface area contributed by atoms with Crippen LogP contribution in [0, 0.1) is 6.92 Å². The molecule has 0 saturated carbocycles. The van der Waals surface area contributed by atoms with Crippen LogP contribution in [0.1, 0.15) is 25.3 Å². The van der Waals surface area contributed by atoms with Crippen LogP contribution in [0.15, 0.2) is 18.2 Å². The summed E-state index contributed by atoms with van der Waals surface area (Å²) < 4.78 is 16.3. The van der Waals surface area contributed by atoms with Gasteiger partial charge in [-0.15, -0.1) is 0 Å². The topological polar surface area (TPSA) is 89.1 Å². The first-order valence-electron chi connectivity index (χ1n) is 8.90. The molecule has 2 N–H and O–H groups in total. The number of nitrogens with zero attached hydrogens (tertiary/aromatic N) is 1. The third-order valence-electron chi connectivity index (χ3n) is 4.71. The van der Waals surface area contributed by atoms with Gasteiger partial charge in [-0.25, -0.2) is 9.59 Å². The van der Waals surface area contributed by atoms with E-state index >= 15 is 0 Å². The number of carbonyl (C=O) groups is 2. The number of nitrogens with one attached hydrogen (secondary N) is 2. The average molecular weight is 363 g/mol. The van der Waals surface area contributed by atoms with Gasteiger partial charge in [-0.1, -0.05) is 6.07 Å². The maximum absolute atomic E-state index is 12.6. The van der Waals surface area contributed by atoms with E-state index in [1.807, 2.05) is 6.92 Å². The Kier molecular flexibility index (Phi) is 5.63. The van der Waals surface area contributed by atoms with Gasteiger partial charge in [0, 0.05) is 37.3 Å². The molecular weight excluding hydrogens is 338 g/mol. The smallest absolute Gasteiger partial charge is 0.411 e. The standard InChI is InChI=1S/C18H25N3O5/c1-3-24-17(23)20-15-6-4-5-14(13(15)2)19-16(22)21-9-7-18(8-10-21)25-11-12-26-18/h4-6H,3,7-12H2,1-2H3,(H,19,22)(H,20,23). The number of piperidine rings is 1. The average Bonchev–Trinajstić information content (AvgIpc) is 3.07. The minimum absolute atomic E-state index is 0.172. The fourth-order valence-corrected chi connectivity index (χ4v) is 3.21. The van der Waals surface area contributed by atoms with Crippen molar-refractivity contribution in [1.29, 1.82) is 0 Å². The zero-order chi connectivity index (χ0) is 18.6. The van der Waals surface area contributed by atoms with Gasteiger partial charge in [0.15, 0.2) is 5.79 Å². The molecule has 1 aromatic rings. The van der Waals surface area contributed by atoms with Crippen LogP contribution in [-0.4, -0.2) is 55.7 Å². The minimum Gasteiger partial charge on any atom is -0.450 e. The van der Waals surface area contributed by atoms with Crippen molar-refractivity contribution in [3.05, 3.63) is 23.8 Å². The second-order valence-corrected chi connectivity index (χ2v) is 6.35. The van der Waals surface area contributed by atoms with E-state index in [4.69, 9.17) is 14.2 Å². The lowest BCUT2D eigenvalue weighted by atomic mass is 10.0. The highest BCUT2D eigenvalue weighted by atomic mass is 16.7. The third-order valence-corrected chi connectivity index (χ3v) is 4.71. The van der Waals surface area contributed by atoms with Gasteiger partial charge in [0.1, 0.15) is 0 Å². The van der Waals surface area contributed by atoms with E-state index in [0.29, 0.717) is 57.1 Å². The predicted molar refractivity (Wildman–Crippen MR) is 96.3 cm³/mol. The molecule has 2 heterocycles. The van der Waals surface area contributed by atoms with Crippen molar-refractivity contribution in [1.82, 2.24) is 4.90 Å². The van der Waals surface area contributed by atoms with Crippen molar-refractivity contribution in [3.8, 4) is 0 Å². The molecule has 3 rings (SSSR count). The molecule has 1 spiro atoms. The summed E-state index contributed by atoms with van der Waals surface area (Å²) in [4.78, 5) is 25.9. The van der Waals surface area contributed by atoms with Crippen molar-refractivity contribution < 1.29 is 23.8 Å². The molecule has 2 saturated heterocycles. The first kappa shape index (κ1) is 18.5. The summed E-state index contributed by atoms with van der Waals surface area (Å²) in [5, 5.41) is 5.60. The first-order chi connectivity index (χ1) is 12.5. The van der Waals surface area contributed by atoms with Crippen molar-refractivity contribution in [2.75, 3.05) is 43.5 Å². The molecule has 2 aliphatic rings. The Balaban J connectivity index is 1.60. The van der Waals surface area contributed by atoms with Gasteiger partial charge in [0.2, 0.25) is 0 Å². The summed E-state index contributed by atoms with van der Waals surface area (Å²) in [6.07, 6.45) is 0.824. The Labute approximate surface area is 152 Å². The van der Waals surface area contributed by atoms with Gasteiger partial charge in [0.25, 0.3) is 0 Å². The maximum atomic E-state index is 12.6. The van der Waals surface area contributed by atoms with Crippen LogP contribution < -0.4 is 10.6 Å². The third kappa shape index (κ3) is 4.08. The van der Waals surface area contributed by atoms with Gasteiger partial charge < -0.3 is 24.4 Å². The molecule has 0 aromatic heterocycles. The second-order valence-electron chi connectivity index (χ2n) is 6.35. The molecule has 142 valence electrons. The lowest BCUT2D eigenvalue weighted by Gasteiger charge is -2.37. The highest BCUT2D eigenvalue weighted by molar-refractivity contribution is 5.93. The van der Waals surface area contributed by atoms with E-state index in [1.54, 1.807) is 30.0 Å². The molecule has 8 heteroatoms. The van der Waals surface area contributed by atoms with E-state index in [-0.39, 0.29) is 6.03 Å². The van der Waals surface area contributed by atoms with Gasteiger partial charge >= 0.3 is 12.1 Å². The van der Waals surface area contributed by atoms with Gasteiger partial charge in [-0.05, 0) is 31.5 Å². The molecule has 0 unspecified atom stereocenters. The molecule has 0 aliphatic carbocycles. The summed E-state index contributed by atoms with van der Waals surface area (Å²) in [6.45, 7) is 6.26. The Morgan fingerprint density at radius 3 is 2.38 bits per heavy atom. The summed E-state index contributed by atoms with van der Waals surface area (Å²) in [7, 11) is 0. The van der Waals surface area contributed by atoms with Crippen LogP contribution in [0.3, 0.4) is 0 Å². The quantitative estimate of drug-likeness (QED) is 0.862. The van der Waals surface area contributed by atoms with Crippen LogP contribution >= 0.6 is 0 Å². The number of amides is 3. The van der Waals surface area contributed by atoms with E-state index in [0.717, 1.165) is 5.56 Å². The normalized spacial score (nSPS) is 18.6. The van der Waals surface area contributed by atoms with Crippen molar-refractivity contribution in [2.24, 2.45) is 0 Å². The summed E-state index contributed by atoms with van der Waals surface area (Å²) >= 11 is 0. The van der Waals surface area contributed by atoms with Crippen LogP contribution in [0.2, 0.25) is 0 Å². The Morgan fingerprint density at radius 2 is 1.77 bits per heavy atom. The fraction of sp³-hybridized carbons (Fsp3) is 0.556. The number of anilines is 2. The van der Waals surface area contributed by atoms with Gasteiger partial charge in [0.05, 0.1) is 19.8 Å². The molecule has 1 aromatic carbocycles. The number of hydrogen-bond acceptors (Lipinski definition) is 5. The SMILES string of the molecule is CCOC(=O)Nc1cccc(NC(=O)N2CCC3(CC2)OCCO3)c1C. The summed E-state index contributed by atoms with van der Waals surface area (Å²) in [5.74, 6) is -0.504. The van der Waals surface area contributed by atoms with Crippen LogP contribution in [0.4, 0.5) is 21.0 Å². The monoisotopic (exact) mass is 363 g/mol. The Bertz CT molecular complexity index is 663. The number of ether oxygens (including phenoxy) is 3. The van der Waals surface area contributed by atoms with Crippen molar-refractivity contribution in [2.45, 2.75) is 32.5 Å². The van der Waals surface area contributed by atoms with Crippen molar-refractivity contribution in [3.63, 3.8) is 0 Å². The number of urea groups is 1. The van der Waals surface area contributed by atoms with E-state index in [2.05, 4.69) is 10.6 Å². The van der Waals surface area contributed by atoms with E-state index in [1.165, 1.54) is 0 Å². The zero-order valence-electron chi connectivity index (χ0n) is 15.2. The largest absolute Gasteiger partial charge is 0.450 e. The van der Waals surface area contributed by atoms with E-state index < -0.39 is 11.9 Å². The van der Waals surface area contributed by atoms with Crippen LogP contribution in [0.25, 0.3) is 0 Å². The Hall–Kier alpha value is -2.32. The molecule has 0 atom stereocenters. The maximum Gasteiger partial charge on any atom is 0.411 e. The molecule has 3 amide bonds. The molecule has 8 nitrogen and oxygen atoms in total. The summed E-state index contributed by atoms with van der Waals surface area (Å²) in [5.41, 5.74) is 2.02. The minimum atomic E-state index is -0.517. The molecule has 26 heavy (non-hydrogen) atoms. The van der Waals surface area contributed by atoms with E-state index in [9.17, 15) is 9.59 Å². The number of rotatable bonds is 3. The molecular formula is C18H25N3O5. The zero-order valence-corrected chi connectivity index (χ0v) is 15.2. The molecule has 2 aliphatic heterocycles. The fourth-order valence-electron chi connectivity index (χ4n) is 3.21. The lowest BCUT2D eigenvalue weighted by molar-refractivity contribution is -0.181.